The Morgan fingerprint density at radius 1 is 1.41 bits per heavy atom. The zero-order valence-corrected chi connectivity index (χ0v) is 10.4. The van der Waals surface area contributed by atoms with Crippen molar-refractivity contribution in [2.75, 3.05) is 36.5 Å². The molecule has 1 atom stereocenters. The van der Waals surface area contributed by atoms with Crippen molar-refractivity contribution in [3.63, 3.8) is 0 Å². The number of nitrogens with one attached hydrogen (secondary N) is 1. The monoisotopic (exact) mass is 236 g/mol. The maximum Gasteiger partial charge on any atom is 0.223 e. The molecule has 1 aromatic heterocycles. The molecule has 5 N–H and O–H groups in total. The minimum atomic E-state index is 0.252. The van der Waals surface area contributed by atoms with Crippen LogP contribution in [0.5, 0.6) is 0 Å². The van der Waals surface area contributed by atoms with Gasteiger partial charge in [-0.1, -0.05) is 6.92 Å². The number of aromatic nitrogens is 2. The molecule has 1 fully saturated rings. The van der Waals surface area contributed by atoms with Crippen molar-refractivity contribution in [1.82, 2.24) is 15.3 Å². The van der Waals surface area contributed by atoms with E-state index in [1.165, 1.54) is 0 Å². The van der Waals surface area contributed by atoms with Gasteiger partial charge < -0.3 is 21.7 Å². The summed E-state index contributed by atoms with van der Waals surface area (Å²) in [4.78, 5) is 10.6. The Balaban J connectivity index is 2.31. The van der Waals surface area contributed by atoms with Crippen LogP contribution in [-0.4, -0.2) is 36.1 Å². The van der Waals surface area contributed by atoms with Crippen molar-refractivity contribution in [2.45, 2.75) is 25.8 Å². The lowest BCUT2D eigenvalue weighted by Gasteiger charge is -2.21. The minimum absolute atomic E-state index is 0.252. The molecule has 0 radical (unpaired) electrons. The molecule has 1 aliphatic rings. The number of hydrogen-bond acceptors (Lipinski definition) is 6. The van der Waals surface area contributed by atoms with Gasteiger partial charge in [0.1, 0.15) is 11.6 Å². The normalized spacial score (nSPS) is 19.9. The lowest BCUT2D eigenvalue weighted by Crippen LogP contribution is -2.30. The highest BCUT2D eigenvalue weighted by molar-refractivity contribution is 5.60. The summed E-state index contributed by atoms with van der Waals surface area (Å²) in [5.41, 5.74) is 12.6. The maximum atomic E-state index is 5.89. The molecule has 94 valence electrons. The molecule has 0 aromatic carbocycles. The average Bonchev–Trinajstić information content (AvgIpc) is 2.76. The number of hydrogen-bond donors (Lipinski definition) is 3. The first-order valence-electron chi connectivity index (χ1n) is 5.99. The standard InChI is InChI=1S/C11H20N6/c1-3-8-9(12)15-11(13)16-10(8)17-5-4-7(6-17)14-2/h7,14H,3-6H2,1-2H3,(H4,12,13,15,16)/t7-/m0/s1. The van der Waals surface area contributed by atoms with E-state index >= 15 is 0 Å². The van der Waals surface area contributed by atoms with Crippen molar-refractivity contribution in [3.05, 3.63) is 5.56 Å². The number of nitrogens with zero attached hydrogens (tertiary/aromatic N) is 3. The number of nitrogens with two attached hydrogens (primary N) is 2. The zero-order chi connectivity index (χ0) is 12.4. The molecule has 6 heteroatoms. The van der Waals surface area contributed by atoms with E-state index < -0.39 is 0 Å². The molecule has 17 heavy (non-hydrogen) atoms. The highest BCUT2D eigenvalue weighted by Gasteiger charge is 2.25. The van der Waals surface area contributed by atoms with Gasteiger partial charge in [0.25, 0.3) is 0 Å². The number of nitrogen functional groups attached to an aromatic ring is 2. The molecule has 1 aliphatic heterocycles. The molecule has 1 aromatic rings. The van der Waals surface area contributed by atoms with Gasteiger partial charge >= 0.3 is 0 Å². The SMILES string of the molecule is CCc1c(N)nc(N)nc1N1CC[C@H](NC)C1. The van der Waals surface area contributed by atoms with Crippen LogP contribution >= 0.6 is 0 Å². The summed E-state index contributed by atoms with van der Waals surface area (Å²) < 4.78 is 0. The molecule has 0 spiro atoms. The smallest absolute Gasteiger partial charge is 0.223 e. The summed E-state index contributed by atoms with van der Waals surface area (Å²) >= 11 is 0. The van der Waals surface area contributed by atoms with E-state index in [0.29, 0.717) is 11.9 Å². The third-order valence-corrected chi connectivity index (χ3v) is 3.28. The topological polar surface area (TPSA) is 93.1 Å². The highest BCUT2D eigenvalue weighted by Crippen LogP contribution is 2.26. The van der Waals surface area contributed by atoms with Crippen LogP contribution in [0.25, 0.3) is 0 Å². The number of rotatable bonds is 3. The number of anilines is 3. The Kier molecular flexibility index (Phi) is 3.33. The molecule has 0 bridgehead atoms. The third kappa shape index (κ3) is 2.26. The largest absolute Gasteiger partial charge is 0.383 e. The van der Waals surface area contributed by atoms with E-state index in [9.17, 15) is 0 Å². The van der Waals surface area contributed by atoms with E-state index in [1.54, 1.807) is 0 Å². The lowest BCUT2D eigenvalue weighted by atomic mass is 10.2. The van der Waals surface area contributed by atoms with Crippen LogP contribution in [0.4, 0.5) is 17.6 Å². The summed E-state index contributed by atoms with van der Waals surface area (Å²) in [5.74, 6) is 1.65. The van der Waals surface area contributed by atoms with E-state index in [2.05, 4.69) is 27.1 Å². The quantitative estimate of drug-likeness (QED) is 0.684. The van der Waals surface area contributed by atoms with Crippen molar-refractivity contribution < 1.29 is 0 Å². The van der Waals surface area contributed by atoms with E-state index in [4.69, 9.17) is 11.5 Å². The fraction of sp³-hybridized carbons (Fsp3) is 0.636. The van der Waals surface area contributed by atoms with Gasteiger partial charge in [0.15, 0.2) is 0 Å². The molecule has 0 saturated carbocycles. The summed E-state index contributed by atoms with van der Waals surface area (Å²) in [6.07, 6.45) is 1.94. The Hall–Kier alpha value is -1.56. The van der Waals surface area contributed by atoms with E-state index in [-0.39, 0.29) is 5.95 Å². The maximum absolute atomic E-state index is 5.89. The van der Waals surface area contributed by atoms with Crippen molar-refractivity contribution in [3.8, 4) is 0 Å². The fourth-order valence-electron chi connectivity index (χ4n) is 2.30. The summed E-state index contributed by atoms with van der Waals surface area (Å²) in [7, 11) is 1.98. The third-order valence-electron chi connectivity index (χ3n) is 3.28. The molecule has 0 aliphatic carbocycles. The highest BCUT2D eigenvalue weighted by atomic mass is 15.3. The van der Waals surface area contributed by atoms with Crippen LogP contribution in [0.15, 0.2) is 0 Å². The van der Waals surface area contributed by atoms with Gasteiger partial charge in [-0.25, -0.2) is 0 Å². The van der Waals surface area contributed by atoms with E-state index in [1.807, 2.05) is 7.05 Å². The lowest BCUT2D eigenvalue weighted by molar-refractivity contribution is 0.616. The zero-order valence-electron chi connectivity index (χ0n) is 10.4. The Bertz CT molecular complexity index is 405. The number of likely N-dealkylation sites (N-methyl/N-ethyl adjacent to an activating group) is 1. The van der Waals surface area contributed by atoms with Crippen LogP contribution in [0.3, 0.4) is 0 Å². The van der Waals surface area contributed by atoms with Crippen molar-refractivity contribution in [2.24, 2.45) is 0 Å². The average molecular weight is 236 g/mol. The summed E-state index contributed by atoms with van der Waals surface area (Å²) in [6, 6.07) is 0.511. The van der Waals surface area contributed by atoms with Gasteiger partial charge in [-0.05, 0) is 19.9 Å². The van der Waals surface area contributed by atoms with Crippen LogP contribution in [0.1, 0.15) is 18.9 Å². The molecule has 2 heterocycles. The molecular weight excluding hydrogens is 216 g/mol. The van der Waals surface area contributed by atoms with Crippen LogP contribution in [-0.2, 0) is 6.42 Å². The molecule has 6 nitrogen and oxygen atoms in total. The second kappa shape index (κ2) is 4.75. The minimum Gasteiger partial charge on any atom is -0.383 e. The molecule has 2 rings (SSSR count). The summed E-state index contributed by atoms with van der Waals surface area (Å²) in [6.45, 7) is 3.98. The second-order valence-corrected chi connectivity index (χ2v) is 4.34. The van der Waals surface area contributed by atoms with E-state index in [0.717, 1.165) is 37.3 Å². The Labute approximate surface area is 101 Å². The van der Waals surface area contributed by atoms with Crippen molar-refractivity contribution >= 4 is 17.6 Å². The first-order valence-corrected chi connectivity index (χ1v) is 5.99. The van der Waals surface area contributed by atoms with Crippen LogP contribution < -0.4 is 21.7 Å². The Morgan fingerprint density at radius 2 is 2.18 bits per heavy atom. The first-order chi connectivity index (χ1) is 8.15. The molecule has 0 amide bonds. The van der Waals surface area contributed by atoms with Gasteiger partial charge in [0, 0.05) is 24.7 Å². The molecule has 1 saturated heterocycles. The van der Waals surface area contributed by atoms with Crippen LogP contribution in [0.2, 0.25) is 0 Å². The summed E-state index contributed by atoms with van der Waals surface area (Å²) in [5, 5.41) is 3.28. The van der Waals surface area contributed by atoms with Gasteiger partial charge in [-0.15, -0.1) is 0 Å². The predicted octanol–water partition coefficient (Wildman–Crippen LogP) is 0.00150. The predicted molar refractivity (Wildman–Crippen MR) is 69.9 cm³/mol. The van der Waals surface area contributed by atoms with Crippen molar-refractivity contribution in [1.29, 1.82) is 0 Å². The fourth-order valence-corrected chi connectivity index (χ4v) is 2.30. The molecule has 0 unspecified atom stereocenters. The van der Waals surface area contributed by atoms with Gasteiger partial charge in [0.05, 0.1) is 0 Å². The molecular formula is C11H20N6. The first kappa shape index (κ1) is 11.9. The van der Waals surface area contributed by atoms with Crippen LogP contribution in [0, 0.1) is 0 Å². The van der Waals surface area contributed by atoms with Gasteiger partial charge in [-0.3, -0.25) is 0 Å². The Morgan fingerprint density at radius 3 is 2.76 bits per heavy atom. The van der Waals surface area contributed by atoms with Gasteiger partial charge in [-0.2, -0.15) is 9.97 Å². The van der Waals surface area contributed by atoms with Gasteiger partial charge in [0.2, 0.25) is 5.95 Å². The second-order valence-electron chi connectivity index (χ2n) is 4.34.